The van der Waals surface area contributed by atoms with E-state index < -0.39 is 37.8 Å². The van der Waals surface area contributed by atoms with E-state index in [9.17, 15) is 14.4 Å². The molecule has 2 fully saturated rings. The molecule has 1 amide bonds. The Kier molecular flexibility index (Phi) is 8.08. The van der Waals surface area contributed by atoms with Crippen LogP contribution in [-0.4, -0.2) is 62.7 Å². The number of ether oxygens (including phenoxy) is 1. The first kappa shape index (κ1) is 27.3. The molecule has 0 aromatic heterocycles. The van der Waals surface area contributed by atoms with E-state index in [1.807, 2.05) is 42.2 Å². The minimum absolute atomic E-state index is 0.0168. The molecule has 35 heavy (non-hydrogen) atoms. The van der Waals surface area contributed by atoms with E-state index in [4.69, 9.17) is 9.16 Å². The van der Waals surface area contributed by atoms with Gasteiger partial charge in [0.05, 0.1) is 24.6 Å². The summed E-state index contributed by atoms with van der Waals surface area (Å²) in [7, 11) is -2.17. The molecule has 1 N–H and O–H groups in total. The summed E-state index contributed by atoms with van der Waals surface area (Å²) >= 11 is 0. The summed E-state index contributed by atoms with van der Waals surface area (Å²) in [4.78, 5) is 42.0. The Morgan fingerprint density at radius 2 is 1.94 bits per heavy atom. The van der Waals surface area contributed by atoms with Crippen LogP contribution >= 0.6 is 0 Å². The van der Waals surface area contributed by atoms with Gasteiger partial charge < -0.3 is 14.5 Å². The number of rotatable bonds is 9. The van der Waals surface area contributed by atoms with Gasteiger partial charge in [-0.25, -0.2) is 0 Å². The van der Waals surface area contributed by atoms with Crippen LogP contribution in [0.5, 0.6) is 0 Å². The maximum Gasteiger partial charge on any atom is 0.322 e. The van der Waals surface area contributed by atoms with E-state index in [0.29, 0.717) is 13.1 Å². The van der Waals surface area contributed by atoms with Gasteiger partial charge in [-0.1, -0.05) is 63.8 Å². The van der Waals surface area contributed by atoms with Crippen molar-refractivity contribution in [2.75, 3.05) is 19.7 Å². The number of amides is 1. The predicted molar refractivity (Wildman–Crippen MR) is 138 cm³/mol. The molecule has 8 heteroatoms. The zero-order valence-electron chi connectivity index (χ0n) is 21.9. The molecule has 3 rings (SSSR count). The molecule has 2 aliphatic heterocycles. The minimum Gasteiger partial charge on any atom is -0.461 e. The maximum atomic E-state index is 13.7. The highest BCUT2D eigenvalue weighted by Crippen LogP contribution is 2.44. The number of β-lactam (4-membered cyclic amide) rings is 1. The van der Waals surface area contributed by atoms with Crippen molar-refractivity contribution in [1.29, 1.82) is 0 Å². The van der Waals surface area contributed by atoms with Crippen LogP contribution in [0, 0.1) is 11.3 Å². The van der Waals surface area contributed by atoms with Crippen molar-refractivity contribution in [3.63, 3.8) is 0 Å². The van der Waals surface area contributed by atoms with Gasteiger partial charge in [-0.15, -0.1) is 0 Å². The van der Waals surface area contributed by atoms with Crippen LogP contribution < -0.4 is 5.32 Å². The molecule has 1 aromatic rings. The standard InChI is InChI=1S/C27H40N2O5Si/c1-8-16-33-25(32)27(14-15-29(18-21(27)30)17-20-12-10-9-11-13-20)23-22(24(31)28-23)19(2)34-35(6,7)26(3,4)5/h8-13,19,22-23H,1,14-18H2,2-7H3,(H,28,31)/t19-,22-,23-,27?/m1/s1. The first-order valence-electron chi connectivity index (χ1n) is 12.4. The molecule has 2 aliphatic rings. The number of ketones is 1. The van der Waals surface area contributed by atoms with Gasteiger partial charge in [0.15, 0.2) is 14.1 Å². The Morgan fingerprint density at radius 1 is 1.29 bits per heavy atom. The molecule has 192 valence electrons. The maximum absolute atomic E-state index is 13.7. The average Bonchev–Trinajstić information content (AvgIpc) is 2.76. The summed E-state index contributed by atoms with van der Waals surface area (Å²) < 4.78 is 12.0. The number of carbonyl (C=O) groups is 3. The number of piperidine rings is 1. The highest BCUT2D eigenvalue weighted by molar-refractivity contribution is 6.74. The Balaban J connectivity index is 1.85. The molecular formula is C27H40N2O5Si. The number of Topliss-reactive ketones (excluding diaryl/α,β-unsaturated/α-hetero) is 1. The van der Waals surface area contributed by atoms with Crippen molar-refractivity contribution < 1.29 is 23.5 Å². The third kappa shape index (κ3) is 5.44. The Bertz CT molecular complexity index is 958. The fourth-order valence-corrected chi connectivity index (χ4v) is 6.26. The van der Waals surface area contributed by atoms with Gasteiger partial charge >= 0.3 is 5.97 Å². The van der Waals surface area contributed by atoms with Gasteiger partial charge in [-0.05, 0) is 37.0 Å². The molecule has 1 aromatic carbocycles. The van der Waals surface area contributed by atoms with Gasteiger partial charge in [0.2, 0.25) is 5.91 Å². The van der Waals surface area contributed by atoms with Gasteiger partial charge in [-0.2, -0.15) is 0 Å². The zero-order valence-corrected chi connectivity index (χ0v) is 22.9. The van der Waals surface area contributed by atoms with Crippen molar-refractivity contribution in [3.8, 4) is 0 Å². The molecule has 7 nitrogen and oxygen atoms in total. The predicted octanol–water partition coefficient (Wildman–Crippen LogP) is 3.70. The number of nitrogens with zero attached hydrogens (tertiary/aromatic N) is 1. The number of esters is 1. The fraction of sp³-hybridized carbons (Fsp3) is 0.593. The zero-order chi connectivity index (χ0) is 26.0. The van der Waals surface area contributed by atoms with Crippen LogP contribution in [0.25, 0.3) is 0 Å². The highest BCUT2D eigenvalue weighted by atomic mass is 28.4. The number of likely N-dealkylation sites (tertiary alicyclic amines) is 1. The van der Waals surface area contributed by atoms with E-state index in [2.05, 4.69) is 45.8 Å². The number of hydrogen-bond donors (Lipinski definition) is 1. The van der Waals surface area contributed by atoms with E-state index in [1.165, 1.54) is 6.08 Å². The first-order chi connectivity index (χ1) is 16.3. The molecule has 0 bridgehead atoms. The van der Waals surface area contributed by atoms with Gasteiger partial charge in [-0.3, -0.25) is 19.3 Å². The number of benzene rings is 1. The van der Waals surface area contributed by atoms with Crippen LogP contribution in [0.15, 0.2) is 43.0 Å². The van der Waals surface area contributed by atoms with Gasteiger partial charge in [0, 0.05) is 13.1 Å². The van der Waals surface area contributed by atoms with Crippen LogP contribution in [0.4, 0.5) is 0 Å². The molecule has 2 saturated heterocycles. The Morgan fingerprint density at radius 3 is 2.49 bits per heavy atom. The van der Waals surface area contributed by atoms with Crippen molar-refractivity contribution in [1.82, 2.24) is 10.2 Å². The SMILES string of the molecule is C=CCOC(=O)C1([C@@H]2NC(=O)[C@@H]2[C@@H](C)O[Si](C)(C)C(C)(C)C)CCN(Cc2ccccc2)CC1=O. The molecular weight excluding hydrogens is 460 g/mol. The summed E-state index contributed by atoms with van der Waals surface area (Å²) in [5.41, 5.74) is -0.326. The van der Waals surface area contributed by atoms with E-state index >= 15 is 0 Å². The normalized spacial score (nSPS) is 26.5. The molecule has 0 spiro atoms. The second-order valence-corrected chi connectivity index (χ2v) is 16.1. The Labute approximate surface area is 210 Å². The second kappa shape index (κ2) is 10.4. The van der Waals surface area contributed by atoms with Crippen LogP contribution in [0.1, 0.15) is 39.7 Å². The summed E-state index contributed by atoms with van der Waals surface area (Å²) in [6.07, 6.45) is 1.35. The monoisotopic (exact) mass is 500 g/mol. The summed E-state index contributed by atoms with van der Waals surface area (Å²) in [6.45, 7) is 17.5. The van der Waals surface area contributed by atoms with Crippen LogP contribution in [0.3, 0.4) is 0 Å². The summed E-state index contributed by atoms with van der Waals surface area (Å²) in [6, 6.07) is 9.28. The van der Waals surface area contributed by atoms with E-state index in [-0.39, 0.29) is 36.3 Å². The van der Waals surface area contributed by atoms with Gasteiger partial charge in [0.1, 0.15) is 12.0 Å². The lowest BCUT2D eigenvalue weighted by Crippen LogP contribution is -2.74. The van der Waals surface area contributed by atoms with Crippen LogP contribution in [0.2, 0.25) is 18.1 Å². The quantitative estimate of drug-likeness (QED) is 0.183. The fourth-order valence-electron chi connectivity index (χ4n) is 4.83. The van der Waals surface area contributed by atoms with Crippen molar-refractivity contribution in [2.45, 2.75) is 70.9 Å². The highest BCUT2D eigenvalue weighted by Gasteiger charge is 2.64. The molecule has 4 atom stereocenters. The summed E-state index contributed by atoms with van der Waals surface area (Å²) in [5, 5.41) is 2.86. The lowest BCUT2D eigenvalue weighted by Gasteiger charge is -2.52. The van der Waals surface area contributed by atoms with Gasteiger partial charge in [0.25, 0.3) is 0 Å². The topological polar surface area (TPSA) is 84.9 Å². The smallest absolute Gasteiger partial charge is 0.322 e. The van der Waals surface area contributed by atoms with Crippen LogP contribution in [-0.2, 0) is 30.1 Å². The average molecular weight is 501 g/mol. The number of carbonyl (C=O) groups excluding carboxylic acids is 3. The largest absolute Gasteiger partial charge is 0.461 e. The molecule has 2 heterocycles. The summed E-state index contributed by atoms with van der Waals surface area (Å²) in [5.74, 6) is -1.58. The molecule has 0 radical (unpaired) electrons. The van der Waals surface area contributed by atoms with E-state index in [0.717, 1.165) is 5.56 Å². The molecule has 0 saturated carbocycles. The third-order valence-electron chi connectivity index (χ3n) is 7.92. The molecule has 1 unspecified atom stereocenters. The lowest BCUT2D eigenvalue weighted by atomic mass is 9.62. The second-order valence-electron chi connectivity index (χ2n) is 11.3. The first-order valence-corrected chi connectivity index (χ1v) is 15.3. The van der Waals surface area contributed by atoms with Crippen molar-refractivity contribution in [2.24, 2.45) is 11.3 Å². The third-order valence-corrected chi connectivity index (χ3v) is 12.5. The number of hydrogen-bond acceptors (Lipinski definition) is 6. The number of nitrogens with one attached hydrogen (secondary N) is 1. The lowest BCUT2D eigenvalue weighted by molar-refractivity contribution is -0.174. The molecule has 0 aliphatic carbocycles. The Hall–Kier alpha value is -2.29. The van der Waals surface area contributed by atoms with Crippen molar-refractivity contribution >= 4 is 26.0 Å². The van der Waals surface area contributed by atoms with Crippen molar-refractivity contribution in [3.05, 3.63) is 48.6 Å². The minimum atomic E-state index is -2.17. The van der Waals surface area contributed by atoms with E-state index in [1.54, 1.807) is 0 Å².